The van der Waals surface area contributed by atoms with Gasteiger partial charge in [0.1, 0.15) is 0 Å². The summed E-state index contributed by atoms with van der Waals surface area (Å²) in [4.78, 5) is 14.3. The number of nitrogens with zero attached hydrogens (tertiary/aromatic N) is 1. The van der Waals surface area contributed by atoms with Crippen LogP contribution >= 0.6 is 0 Å². The largest absolute Gasteiger partial charge is 0.393 e. The van der Waals surface area contributed by atoms with Crippen LogP contribution in [0.15, 0.2) is 30.3 Å². The summed E-state index contributed by atoms with van der Waals surface area (Å²) < 4.78 is 0. The first kappa shape index (κ1) is 14.6. The molecule has 0 aromatic heterocycles. The number of aliphatic hydroxyl groups is 1. The first-order valence-electron chi connectivity index (χ1n) is 8.24. The molecule has 1 amide bonds. The summed E-state index contributed by atoms with van der Waals surface area (Å²) in [6, 6.07) is 10.3. The Hall–Kier alpha value is -1.35. The number of hydrogen-bond acceptors (Lipinski definition) is 2. The zero-order valence-electron chi connectivity index (χ0n) is 12.6. The van der Waals surface area contributed by atoms with Gasteiger partial charge in [0.15, 0.2) is 0 Å². The molecule has 1 aliphatic carbocycles. The lowest BCUT2D eigenvalue weighted by atomic mass is 9.80. The Morgan fingerprint density at radius 1 is 1.19 bits per heavy atom. The lowest BCUT2D eigenvalue weighted by molar-refractivity contribution is -0.130. The van der Waals surface area contributed by atoms with E-state index in [-0.39, 0.29) is 12.0 Å². The monoisotopic (exact) mass is 287 g/mol. The van der Waals surface area contributed by atoms with Crippen LogP contribution in [0, 0.1) is 11.8 Å². The van der Waals surface area contributed by atoms with Crippen molar-refractivity contribution in [1.29, 1.82) is 0 Å². The van der Waals surface area contributed by atoms with Crippen LogP contribution in [0.25, 0.3) is 0 Å². The summed E-state index contributed by atoms with van der Waals surface area (Å²) in [6.07, 6.45) is 5.52. The average molecular weight is 287 g/mol. The Morgan fingerprint density at radius 3 is 2.76 bits per heavy atom. The quantitative estimate of drug-likeness (QED) is 0.925. The Bertz CT molecular complexity index is 473. The highest BCUT2D eigenvalue weighted by atomic mass is 16.3. The van der Waals surface area contributed by atoms with Crippen LogP contribution in [0.1, 0.15) is 37.7 Å². The van der Waals surface area contributed by atoms with Gasteiger partial charge in [-0.15, -0.1) is 0 Å². The molecule has 3 rings (SSSR count). The van der Waals surface area contributed by atoms with E-state index in [1.54, 1.807) is 0 Å². The fourth-order valence-corrected chi connectivity index (χ4v) is 3.89. The van der Waals surface area contributed by atoms with Gasteiger partial charge >= 0.3 is 0 Å². The molecule has 0 bridgehead atoms. The van der Waals surface area contributed by atoms with Crippen molar-refractivity contribution in [2.75, 3.05) is 13.1 Å². The number of carbonyl (C=O) groups excluding carboxylic acids is 1. The molecule has 1 aromatic carbocycles. The predicted molar refractivity (Wildman–Crippen MR) is 82.8 cm³/mol. The van der Waals surface area contributed by atoms with Crippen LogP contribution in [0.5, 0.6) is 0 Å². The molecule has 1 aromatic rings. The van der Waals surface area contributed by atoms with E-state index in [0.717, 1.165) is 38.8 Å². The standard InChI is InChI=1S/C18H25NO2/c20-17-10-5-9-15-12-19(13-16(15)17)18(21)11-4-8-14-6-2-1-3-7-14/h1-3,6-7,15-17,20H,4-5,8-13H2/t15-,16+,17-/m1/s1. The minimum absolute atomic E-state index is 0.189. The number of carbonyl (C=O) groups is 1. The maximum atomic E-state index is 12.3. The second-order valence-corrected chi connectivity index (χ2v) is 6.56. The third-order valence-electron chi connectivity index (χ3n) is 5.11. The Morgan fingerprint density at radius 2 is 2.00 bits per heavy atom. The molecule has 3 heteroatoms. The Kier molecular flexibility index (Phi) is 4.59. The van der Waals surface area contributed by atoms with Crippen LogP contribution in [0.4, 0.5) is 0 Å². The number of likely N-dealkylation sites (tertiary alicyclic amines) is 1. The number of benzene rings is 1. The molecule has 1 saturated carbocycles. The van der Waals surface area contributed by atoms with Crippen LogP contribution < -0.4 is 0 Å². The normalized spacial score (nSPS) is 28.4. The fraction of sp³-hybridized carbons (Fsp3) is 0.611. The molecule has 1 saturated heterocycles. The number of aryl methyl sites for hydroxylation is 1. The Balaban J connectivity index is 1.46. The lowest BCUT2D eigenvalue weighted by Crippen LogP contribution is -2.32. The molecule has 114 valence electrons. The van der Waals surface area contributed by atoms with Gasteiger partial charge in [-0.3, -0.25) is 4.79 Å². The van der Waals surface area contributed by atoms with Crippen molar-refractivity contribution < 1.29 is 9.90 Å². The van der Waals surface area contributed by atoms with Gasteiger partial charge in [0.05, 0.1) is 6.10 Å². The molecule has 0 radical (unpaired) electrons. The predicted octanol–water partition coefficient (Wildman–Crippen LogP) is 2.63. The number of aliphatic hydroxyl groups excluding tert-OH is 1. The van der Waals surface area contributed by atoms with Crippen molar-refractivity contribution in [2.45, 2.75) is 44.6 Å². The SMILES string of the molecule is O=C(CCCc1ccccc1)N1C[C@H]2CCC[C@@H](O)[C@H]2C1. The molecule has 1 heterocycles. The molecule has 1 N–H and O–H groups in total. The summed E-state index contributed by atoms with van der Waals surface area (Å²) in [7, 11) is 0. The zero-order valence-corrected chi connectivity index (χ0v) is 12.6. The third kappa shape index (κ3) is 3.46. The van der Waals surface area contributed by atoms with Crippen LogP contribution in [0.2, 0.25) is 0 Å². The van der Waals surface area contributed by atoms with Gasteiger partial charge in [-0.05, 0) is 37.2 Å². The van der Waals surface area contributed by atoms with Gasteiger partial charge < -0.3 is 10.0 Å². The molecule has 0 unspecified atom stereocenters. The van der Waals surface area contributed by atoms with Crippen LogP contribution in [0.3, 0.4) is 0 Å². The number of rotatable bonds is 4. The molecule has 2 fully saturated rings. The average Bonchev–Trinajstić information content (AvgIpc) is 2.94. The molecule has 2 aliphatic rings. The first-order chi connectivity index (χ1) is 10.2. The molecular weight excluding hydrogens is 262 g/mol. The van der Waals surface area contributed by atoms with Gasteiger partial charge in [-0.1, -0.05) is 36.8 Å². The highest BCUT2D eigenvalue weighted by Crippen LogP contribution is 2.36. The number of hydrogen-bond donors (Lipinski definition) is 1. The molecule has 3 nitrogen and oxygen atoms in total. The van der Waals surface area contributed by atoms with Crippen molar-refractivity contribution in [1.82, 2.24) is 4.90 Å². The van der Waals surface area contributed by atoms with Gasteiger partial charge in [0, 0.05) is 25.4 Å². The fourth-order valence-electron chi connectivity index (χ4n) is 3.89. The van der Waals surface area contributed by atoms with Gasteiger partial charge in [-0.2, -0.15) is 0 Å². The smallest absolute Gasteiger partial charge is 0.222 e. The maximum absolute atomic E-state index is 12.3. The highest BCUT2D eigenvalue weighted by molar-refractivity contribution is 5.76. The van der Waals surface area contributed by atoms with Crippen molar-refractivity contribution in [3.63, 3.8) is 0 Å². The van der Waals surface area contributed by atoms with E-state index in [1.165, 1.54) is 12.0 Å². The highest BCUT2D eigenvalue weighted by Gasteiger charge is 2.40. The molecule has 21 heavy (non-hydrogen) atoms. The topological polar surface area (TPSA) is 40.5 Å². The third-order valence-corrected chi connectivity index (χ3v) is 5.11. The summed E-state index contributed by atoms with van der Waals surface area (Å²) in [5.74, 6) is 1.14. The second kappa shape index (κ2) is 6.61. The van der Waals surface area contributed by atoms with E-state index >= 15 is 0 Å². The van der Waals surface area contributed by atoms with Crippen LogP contribution in [-0.2, 0) is 11.2 Å². The van der Waals surface area contributed by atoms with Gasteiger partial charge in [0.25, 0.3) is 0 Å². The minimum atomic E-state index is -0.189. The number of fused-ring (bicyclic) bond motifs is 1. The van der Waals surface area contributed by atoms with E-state index in [1.807, 2.05) is 23.1 Å². The summed E-state index contributed by atoms with van der Waals surface area (Å²) in [5, 5.41) is 10.1. The molecule has 0 spiro atoms. The van der Waals surface area contributed by atoms with E-state index in [4.69, 9.17) is 0 Å². The number of amides is 1. The molecule has 3 atom stereocenters. The summed E-state index contributed by atoms with van der Waals surface area (Å²) in [5.41, 5.74) is 1.30. The van der Waals surface area contributed by atoms with E-state index < -0.39 is 0 Å². The molecular formula is C18H25NO2. The van der Waals surface area contributed by atoms with E-state index in [9.17, 15) is 9.90 Å². The second-order valence-electron chi connectivity index (χ2n) is 6.56. The van der Waals surface area contributed by atoms with Crippen molar-refractivity contribution in [2.24, 2.45) is 11.8 Å². The summed E-state index contributed by atoms with van der Waals surface area (Å²) in [6.45, 7) is 1.64. The zero-order chi connectivity index (χ0) is 14.7. The Labute approximate surface area is 127 Å². The lowest BCUT2D eigenvalue weighted by Gasteiger charge is -2.28. The van der Waals surface area contributed by atoms with Gasteiger partial charge in [0.2, 0.25) is 5.91 Å². The summed E-state index contributed by atoms with van der Waals surface area (Å²) >= 11 is 0. The van der Waals surface area contributed by atoms with E-state index in [2.05, 4.69) is 12.1 Å². The van der Waals surface area contributed by atoms with Crippen molar-refractivity contribution in [3.8, 4) is 0 Å². The van der Waals surface area contributed by atoms with Crippen molar-refractivity contribution >= 4 is 5.91 Å². The minimum Gasteiger partial charge on any atom is -0.393 e. The van der Waals surface area contributed by atoms with Crippen molar-refractivity contribution in [3.05, 3.63) is 35.9 Å². The first-order valence-corrected chi connectivity index (χ1v) is 8.24. The maximum Gasteiger partial charge on any atom is 0.222 e. The van der Waals surface area contributed by atoms with Crippen LogP contribution in [-0.4, -0.2) is 35.1 Å². The van der Waals surface area contributed by atoms with E-state index in [0.29, 0.717) is 18.3 Å². The van der Waals surface area contributed by atoms with Gasteiger partial charge in [-0.25, -0.2) is 0 Å². The molecule has 1 aliphatic heterocycles.